The normalized spacial score (nSPS) is 10.4. The van der Waals surface area contributed by atoms with Crippen molar-refractivity contribution in [2.45, 2.75) is 26.7 Å². The number of anilines is 2. The van der Waals surface area contributed by atoms with Gasteiger partial charge in [0.1, 0.15) is 10.6 Å². The number of nitrogens with one attached hydrogen (secondary N) is 1. The van der Waals surface area contributed by atoms with Gasteiger partial charge in [0, 0.05) is 0 Å². The molecular weight excluding hydrogens is 288 g/mol. The van der Waals surface area contributed by atoms with Crippen LogP contribution >= 0.6 is 11.3 Å². The molecule has 0 saturated heterocycles. The molecule has 0 unspecified atom stereocenters. The highest BCUT2D eigenvalue weighted by Gasteiger charge is 2.17. The van der Waals surface area contributed by atoms with Gasteiger partial charge in [-0.25, -0.2) is 9.78 Å². The molecule has 21 heavy (non-hydrogen) atoms. The van der Waals surface area contributed by atoms with Crippen LogP contribution < -0.4 is 10.1 Å². The average Bonchev–Trinajstić information content (AvgIpc) is 2.82. The minimum absolute atomic E-state index is 0.297. The smallest absolute Gasteiger partial charge is 0.347 e. The average molecular weight is 306 g/mol. The first-order valence-electron chi connectivity index (χ1n) is 6.69. The zero-order valence-corrected chi connectivity index (χ0v) is 13.1. The molecule has 2 aromatic rings. The van der Waals surface area contributed by atoms with Gasteiger partial charge in [-0.2, -0.15) is 0 Å². The first kappa shape index (κ1) is 15.3. The van der Waals surface area contributed by atoms with Crippen LogP contribution in [0.2, 0.25) is 0 Å². The number of hydrogen-bond acceptors (Lipinski definition) is 5. The number of methoxy groups -OCH3 is 1. The molecule has 0 spiro atoms. The summed E-state index contributed by atoms with van der Waals surface area (Å²) in [7, 11) is 1.60. The van der Waals surface area contributed by atoms with Crippen LogP contribution in [0.5, 0.6) is 5.75 Å². The molecule has 112 valence electrons. The van der Waals surface area contributed by atoms with Gasteiger partial charge >= 0.3 is 5.97 Å². The van der Waals surface area contributed by atoms with E-state index < -0.39 is 5.97 Å². The zero-order chi connectivity index (χ0) is 15.4. The van der Waals surface area contributed by atoms with Crippen molar-refractivity contribution in [2.24, 2.45) is 0 Å². The van der Waals surface area contributed by atoms with Crippen LogP contribution in [0, 0.1) is 6.92 Å². The summed E-state index contributed by atoms with van der Waals surface area (Å²) in [4.78, 5) is 15.9. The van der Waals surface area contributed by atoms with Crippen LogP contribution in [-0.2, 0) is 6.42 Å². The van der Waals surface area contributed by atoms with Gasteiger partial charge in [-0.15, -0.1) is 0 Å². The topological polar surface area (TPSA) is 71.5 Å². The number of aromatic nitrogens is 1. The Morgan fingerprint density at radius 1 is 1.48 bits per heavy atom. The molecular formula is C15H18N2O3S. The van der Waals surface area contributed by atoms with Gasteiger partial charge in [0.25, 0.3) is 0 Å². The maximum atomic E-state index is 11.3. The minimum Gasteiger partial charge on any atom is -0.495 e. The minimum atomic E-state index is -0.930. The molecule has 0 amide bonds. The number of thiazole rings is 1. The Morgan fingerprint density at radius 2 is 2.24 bits per heavy atom. The molecule has 0 aliphatic rings. The summed E-state index contributed by atoms with van der Waals surface area (Å²) in [6.45, 7) is 3.99. The van der Waals surface area contributed by atoms with E-state index in [1.807, 2.05) is 32.0 Å². The molecule has 0 aliphatic heterocycles. The Balaban J connectivity index is 2.33. The Bertz CT molecular complexity index is 652. The van der Waals surface area contributed by atoms with Gasteiger partial charge in [-0.3, -0.25) is 0 Å². The maximum absolute atomic E-state index is 11.3. The van der Waals surface area contributed by atoms with Crippen LogP contribution in [0.4, 0.5) is 10.8 Å². The second-order valence-corrected chi connectivity index (χ2v) is 5.68. The Labute approximate surface area is 127 Å². The molecule has 0 bridgehead atoms. The molecule has 6 heteroatoms. The number of aryl methyl sites for hydroxylation is 2. The van der Waals surface area contributed by atoms with Crippen LogP contribution in [0.15, 0.2) is 18.2 Å². The molecule has 1 aromatic heterocycles. The van der Waals surface area contributed by atoms with E-state index in [0.29, 0.717) is 27.9 Å². The lowest BCUT2D eigenvalue weighted by Gasteiger charge is -2.09. The number of carboxylic acids is 1. The lowest BCUT2D eigenvalue weighted by Crippen LogP contribution is -1.98. The molecule has 1 heterocycles. The number of ether oxygens (including phenoxy) is 1. The van der Waals surface area contributed by atoms with Crippen molar-refractivity contribution in [3.8, 4) is 5.75 Å². The summed E-state index contributed by atoms with van der Waals surface area (Å²) in [5.74, 6) is -0.232. The highest BCUT2D eigenvalue weighted by molar-refractivity contribution is 7.17. The molecule has 0 fully saturated rings. The second-order valence-electron chi connectivity index (χ2n) is 4.68. The third-order valence-corrected chi connectivity index (χ3v) is 3.98. The van der Waals surface area contributed by atoms with Crippen molar-refractivity contribution in [1.29, 1.82) is 0 Å². The highest BCUT2D eigenvalue weighted by Crippen LogP contribution is 2.32. The van der Waals surface area contributed by atoms with Crippen molar-refractivity contribution in [3.05, 3.63) is 34.3 Å². The summed E-state index contributed by atoms with van der Waals surface area (Å²) in [5.41, 5.74) is 2.50. The first-order chi connectivity index (χ1) is 10.0. The van der Waals surface area contributed by atoms with E-state index in [4.69, 9.17) is 4.74 Å². The number of carboxylic acid groups (broad SMARTS) is 1. The lowest BCUT2D eigenvalue weighted by atomic mass is 10.2. The fourth-order valence-corrected chi connectivity index (χ4v) is 2.88. The molecule has 0 saturated carbocycles. The molecule has 0 atom stereocenters. The van der Waals surface area contributed by atoms with E-state index in [1.165, 1.54) is 0 Å². The number of carbonyl (C=O) groups is 1. The molecule has 0 radical (unpaired) electrons. The lowest BCUT2D eigenvalue weighted by molar-refractivity contribution is 0.0700. The van der Waals surface area contributed by atoms with Gasteiger partial charge in [-0.1, -0.05) is 30.7 Å². The van der Waals surface area contributed by atoms with Gasteiger partial charge in [0.15, 0.2) is 5.13 Å². The standard InChI is InChI=1S/C15H18N2O3S/c1-4-5-10-13(14(18)19)21-15(16-10)17-11-8-9(2)6-7-12(11)20-3/h6-8H,4-5H2,1-3H3,(H,16,17)(H,18,19). The molecule has 1 aromatic carbocycles. The highest BCUT2D eigenvalue weighted by atomic mass is 32.1. The van der Waals surface area contributed by atoms with Crippen molar-refractivity contribution in [2.75, 3.05) is 12.4 Å². The predicted octanol–water partition coefficient (Wildman–Crippen LogP) is 3.85. The van der Waals surface area contributed by atoms with E-state index in [0.717, 1.165) is 29.0 Å². The third-order valence-electron chi connectivity index (χ3n) is 2.97. The van der Waals surface area contributed by atoms with E-state index >= 15 is 0 Å². The molecule has 0 aliphatic carbocycles. The van der Waals surface area contributed by atoms with E-state index in [-0.39, 0.29) is 0 Å². The number of rotatable bonds is 6. The SMILES string of the molecule is CCCc1nc(Nc2cc(C)ccc2OC)sc1C(=O)O. The monoisotopic (exact) mass is 306 g/mol. The molecule has 2 N–H and O–H groups in total. The van der Waals surface area contributed by atoms with E-state index in [9.17, 15) is 9.90 Å². The Hall–Kier alpha value is -2.08. The largest absolute Gasteiger partial charge is 0.495 e. The zero-order valence-electron chi connectivity index (χ0n) is 12.3. The van der Waals surface area contributed by atoms with Crippen molar-refractivity contribution < 1.29 is 14.6 Å². The fourth-order valence-electron chi connectivity index (χ4n) is 2.01. The summed E-state index contributed by atoms with van der Waals surface area (Å²) in [5, 5.41) is 13.0. The van der Waals surface area contributed by atoms with Crippen LogP contribution in [0.3, 0.4) is 0 Å². The number of aromatic carboxylic acids is 1. The second kappa shape index (κ2) is 6.58. The molecule has 2 rings (SSSR count). The summed E-state index contributed by atoms with van der Waals surface area (Å²) in [6.07, 6.45) is 1.52. The van der Waals surface area contributed by atoms with Crippen LogP contribution in [0.25, 0.3) is 0 Å². The maximum Gasteiger partial charge on any atom is 0.347 e. The molecule has 5 nitrogen and oxygen atoms in total. The van der Waals surface area contributed by atoms with Crippen LogP contribution in [0.1, 0.15) is 34.3 Å². The third kappa shape index (κ3) is 3.52. The predicted molar refractivity (Wildman–Crippen MR) is 84.1 cm³/mol. The van der Waals surface area contributed by atoms with E-state index in [2.05, 4.69) is 10.3 Å². The van der Waals surface area contributed by atoms with Gasteiger partial charge in [0.05, 0.1) is 18.5 Å². The van der Waals surface area contributed by atoms with Gasteiger partial charge in [0.2, 0.25) is 0 Å². The van der Waals surface area contributed by atoms with Crippen LogP contribution in [-0.4, -0.2) is 23.2 Å². The Kier molecular flexibility index (Phi) is 4.80. The van der Waals surface area contributed by atoms with Crippen molar-refractivity contribution >= 4 is 28.1 Å². The van der Waals surface area contributed by atoms with Crippen molar-refractivity contribution in [3.63, 3.8) is 0 Å². The number of hydrogen-bond donors (Lipinski definition) is 2. The number of benzene rings is 1. The Morgan fingerprint density at radius 3 is 2.86 bits per heavy atom. The summed E-state index contributed by atoms with van der Waals surface area (Å²) in [6, 6.07) is 5.77. The van der Waals surface area contributed by atoms with E-state index in [1.54, 1.807) is 7.11 Å². The van der Waals surface area contributed by atoms with Gasteiger partial charge in [-0.05, 0) is 31.0 Å². The quantitative estimate of drug-likeness (QED) is 0.848. The van der Waals surface area contributed by atoms with Crippen molar-refractivity contribution in [1.82, 2.24) is 4.98 Å². The van der Waals surface area contributed by atoms with Gasteiger partial charge < -0.3 is 15.2 Å². The fraction of sp³-hybridized carbons (Fsp3) is 0.333. The number of nitrogens with zero attached hydrogens (tertiary/aromatic N) is 1. The first-order valence-corrected chi connectivity index (χ1v) is 7.51. The summed E-state index contributed by atoms with van der Waals surface area (Å²) < 4.78 is 5.30. The summed E-state index contributed by atoms with van der Waals surface area (Å²) >= 11 is 1.15.